The predicted octanol–water partition coefficient (Wildman–Crippen LogP) is 8.60. The van der Waals surface area contributed by atoms with E-state index < -0.39 is 11.7 Å². The first-order valence-electron chi connectivity index (χ1n) is 11.4. The van der Waals surface area contributed by atoms with Crippen molar-refractivity contribution in [2.75, 3.05) is 7.11 Å². The van der Waals surface area contributed by atoms with Crippen molar-refractivity contribution in [1.82, 2.24) is 0 Å². The average Bonchev–Trinajstić information content (AvgIpc) is 2.68. The van der Waals surface area contributed by atoms with Crippen molar-refractivity contribution >= 4 is 0 Å². The second-order valence-electron chi connectivity index (χ2n) is 8.86. The van der Waals surface area contributed by atoms with E-state index in [9.17, 15) is 13.2 Å². The lowest BCUT2D eigenvalue weighted by Gasteiger charge is -2.33. The van der Waals surface area contributed by atoms with Crippen LogP contribution in [0.25, 0.3) is 0 Å². The molecule has 1 rings (SSSR count). The standard InChI is InChI=1S/C25H41F3O/c1-5-6-7-8-9-12-17-22(24(2,3)29-4)18-13-10-11-15-21-16-14-19-23(20-21)25(26,27)28/h14,16,19-20,22H,5-13,15,17-18H2,1-4H3. The molecule has 1 aromatic rings. The molecule has 0 saturated carbocycles. The minimum absolute atomic E-state index is 0.121. The normalized spacial score (nSPS) is 13.6. The summed E-state index contributed by atoms with van der Waals surface area (Å²) in [5.41, 5.74) is 0.112. The second kappa shape index (κ2) is 13.3. The van der Waals surface area contributed by atoms with Gasteiger partial charge in [-0.25, -0.2) is 0 Å². The fourth-order valence-corrected chi connectivity index (χ4v) is 3.98. The number of unbranched alkanes of at least 4 members (excludes halogenated alkanes) is 7. The summed E-state index contributed by atoms with van der Waals surface area (Å²) in [5, 5.41) is 0. The Bertz CT molecular complexity index is 551. The summed E-state index contributed by atoms with van der Waals surface area (Å²) in [4.78, 5) is 0. The molecular weight excluding hydrogens is 373 g/mol. The Morgan fingerprint density at radius 1 is 0.862 bits per heavy atom. The first-order chi connectivity index (χ1) is 13.7. The summed E-state index contributed by atoms with van der Waals surface area (Å²) in [6, 6.07) is 5.74. The summed E-state index contributed by atoms with van der Waals surface area (Å²) in [6.07, 6.45) is 9.67. The first kappa shape index (κ1) is 26.0. The Morgan fingerprint density at radius 2 is 1.45 bits per heavy atom. The Balaban J connectivity index is 2.37. The van der Waals surface area contributed by atoms with E-state index in [0.29, 0.717) is 12.3 Å². The fraction of sp³-hybridized carbons (Fsp3) is 0.760. The van der Waals surface area contributed by atoms with Crippen molar-refractivity contribution < 1.29 is 17.9 Å². The highest BCUT2D eigenvalue weighted by atomic mass is 19.4. The largest absolute Gasteiger partial charge is 0.416 e. The van der Waals surface area contributed by atoms with E-state index in [4.69, 9.17) is 4.74 Å². The van der Waals surface area contributed by atoms with Crippen LogP contribution in [-0.2, 0) is 17.3 Å². The average molecular weight is 415 g/mol. The summed E-state index contributed by atoms with van der Waals surface area (Å²) >= 11 is 0. The lowest BCUT2D eigenvalue weighted by molar-refractivity contribution is -0.137. The van der Waals surface area contributed by atoms with Crippen molar-refractivity contribution in [3.63, 3.8) is 0 Å². The molecule has 0 amide bonds. The van der Waals surface area contributed by atoms with Crippen molar-refractivity contribution in [2.24, 2.45) is 5.92 Å². The second-order valence-corrected chi connectivity index (χ2v) is 8.86. The topological polar surface area (TPSA) is 9.23 Å². The van der Waals surface area contributed by atoms with E-state index in [1.165, 1.54) is 57.1 Å². The molecule has 1 atom stereocenters. The van der Waals surface area contributed by atoms with Crippen LogP contribution in [0.15, 0.2) is 24.3 Å². The molecule has 0 aliphatic heterocycles. The van der Waals surface area contributed by atoms with Gasteiger partial charge in [-0.05, 0) is 57.1 Å². The maximum Gasteiger partial charge on any atom is 0.416 e. The van der Waals surface area contributed by atoms with Crippen molar-refractivity contribution in [3.05, 3.63) is 35.4 Å². The smallest absolute Gasteiger partial charge is 0.379 e. The molecule has 0 saturated heterocycles. The lowest BCUT2D eigenvalue weighted by Crippen LogP contribution is -2.33. The number of halogens is 3. The predicted molar refractivity (Wildman–Crippen MR) is 116 cm³/mol. The zero-order valence-corrected chi connectivity index (χ0v) is 18.9. The molecule has 0 N–H and O–H groups in total. The van der Waals surface area contributed by atoms with E-state index in [0.717, 1.165) is 37.3 Å². The fourth-order valence-electron chi connectivity index (χ4n) is 3.98. The van der Waals surface area contributed by atoms with Gasteiger partial charge in [0.05, 0.1) is 11.2 Å². The maximum absolute atomic E-state index is 12.8. The number of benzene rings is 1. The quantitative estimate of drug-likeness (QED) is 0.261. The highest BCUT2D eigenvalue weighted by Gasteiger charge is 2.30. The van der Waals surface area contributed by atoms with Gasteiger partial charge in [-0.1, -0.05) is 76.5 Å². The first-order valence-corrected chi connectivity index (χ1v) is 11.4. The summed E-state index contributed by atoms with van der Waals surface area (Å²) < 4.78 is 44.2. The third-order valence-electron chi connectivity index (χ3n) is 6.19. The molecule has 1 nitrogen and oxygen atoms in total. The van der Waals surface area contributed by atoms with Gasteiger partial charge in [0.1, 0.15) is 0 Å². The van der Waals surface area contributed by atoms with Crippen LogP contribution in [0.3, 0.4) is 0 Å². The summed E-state index contributed by atoms with van der Waals surface area (Å²) in [7, 11) is 1.79. The Labute approximate surface area is 176 Å². The molecule has 29 heavy (non-hydrogen) atoms. The van der Waals surface area contributed by atoms with Crippen molar-refractivity contribution in [1.29, 1.82) is 0 Å². The van der Waals surface area contributed by atoms with Crippen LogP contribution < -0.4 is 0 Å². The minimum Gasteiger partial charge on any atom is -0.379 e. The van der Waals surface area contributed by atoms with Gasteiger partial charge in [0.15, 0.2) is 0 Å². The minimum atomic E-state index is -4.26. The van der Waals surface area contributed by atoms with Crippen LogP contribution >= 0.6 is 0 Å². The van der Waals surface area contributed by atoms with Gasteiger partial charge in [0.2, 0.25) is 0 Å². The lowest BCUT2D eigenvalue weighted by atomic mass is 9.82. The molecule has 0 fully saturated rings. The Kier molecular flexibility index (Phi) is 11.9. The van der Waals surface area contributed by atoms with Crippen molar-refractivity contribution in [2.45, 2.75) is 110 Å². The highest BCUT2D eigenvalue weighted by Crippen LogP contribution is 2.32. The number of methoxy groups -OCH3 is 1. The van der Waals surface area contributed by atoms with Gasteiger partial charge in [-0.2, -0.15) is 13.2 Å². The molecule has 0 aliphatic rings. The number of ether oxygens (including phenoxy) is 1. The molecule has 0 aliphatic carbocycles. The third-order valence-corrected chi connectivity index (χ3v) is 6.19. The van der Waals surface area contributed by atoms with E-state index in [-0.39, 0.29) is 5.60 Å². The monoisotopic (exact) mass is 414 g/mol. The molecule has 1 unspecified atom stereocenters. The highest BCUT2D eigenvalue weighted by molar-refractivity contribution is 5.25. The molecule has 168 valence electrons. The maximum atomic E-state index is 12.8. The van der Waals surface area contributed by atoms with Gasteiger partial charge in [-0.15, -0.1) is 0 Å². The van der Waals surface area contributed by atoms with Gasteiger partial charge < -0.3 is 4.74 Å². The van der Waals surface area contributed by atoms with Crippen LogP contribution in [0.4, 0.5) is 13.2 Å². The van der Waals surface area contributed by atoms with Crippen LogP contribution in [0.2, 0.25) is 0 Å². The zero-order valence-electron chi connectivity index (χ0n) is 18.9. The number of alkyl halides is 3. The molecule has 0 radical (unpaired) electrons. The number of aryl methyl sites for hydroxylation is 1. The van der Waals surface area contributed by atoms with E-state index in [2.05, 4.69) is 20.8 Å². The number of hydrogen-bond acceptors (Lipinski definition) is 1. The van der Waals surface area contributed by atoms with E-state index >= 15 is 0 Å². The molecule has 0 bridgehead atoms. The molecule has 1 aromatic carbocycles. The molecule has 0 spiro atoms. The van der Waals surface area contributed by atoms with E-state index in [1.54, 1.807) is 13.2 Å². The van der Waals surface area contributed by atoms with Crippen LogP contribution in [0.1, 0.15) is 103 Å². The Hall–Kier alpha value is -1.03. The van der Waals surface area contributed by atoms with Gasteiger partial charge in [0.25, 0.3) is 0 Å². The van der Waals surface area contributed by atoms with Crippen molar-refractivity contribution in [3.8, 4) is 0 Å². The number of hydrogen-bond donors (Lipinski definition) is 0. The molecule has 0 aromatic heterocycles. The van der Waals surface area contributed by atoms with Gasteiger partial charge in [0, 0.05) is 7.11 Å². The molecule has 4 heteroatoms. The van der Waals surface area contributed by atoms with Crippen LogP contribution in [0, 0.1) is 5.92 Å². The van der Waals surface area contributed by atoms with Gasteiger partial charge >= 0.3 is 6.18 Å². The zero-order chi connectivity index (χ0) is 21.8. The molecule has 0 heterocycles. The Morgan fingerprint density at radius 3 is 2.03 bits per heavy atom. The van der Waals surface area contributed by atoms with E-state index in [1.807, 2.05) is 0 Å². The van der Waals surface area contributed by atoms with Crippen LogP contribution in [-0.4, -0.2) is 12.7 Å². The summed E-state index contributed by atoms with van der Waals surface area (Å²) in [5.74, 6) is 0.534. The third kappa shape index (κ3) is 10.5. The molecular formula is C25H41F3O. The SMILES string of the molecule is CCCCCCCCC(CCCCCc1cccc(C(F)(F)F)c1)C(C)(C)OC. The number of rotatable bonds is 15. The van der Waals surface area contributed by atoms with Crippen LogP contribution in [0.5, 0.6) is 0 Å². The van der Waals surface area contributed by atoms with Gasteiger partial charge in [-0.3, -0.25) is 0 Å². The summed E-state index contributed by atoms with van der Waals surface area (Å²) in [6.45, 7) is 6.60.